The molecule has 1 aromatic carbocycles. The number of amides is 2. The highest BCUT2D eigenvalue weighted by molar-refractivity contribution is 7.10. The number of thiophene rings is 1. The topological polar surface area (TPSA) is 40.6 Å². The van der Waals surface area contributed by atoms with Crippen molar-refractivity contribution in [3.05, 3.63) is 57.8 Å². The van der Waals surface area contributed by atoms with Crippen LogP contribution in [-0.4, -0.2) is 34.2 Å². The third kappa shape index (κ3) is 6.69. The Hall–Kier alpha value is -2.14. The summed E-state index contributed by atoms with van der Waals surface area (Å²) in [4.78, 5) is 31.2. The van der Waals surface area contributed by atoms with Crippen LogP contribution in [0.25, 0.3) is 0 Å². The molecule has 0 spiro atoms. The molecule has 2 aromatic rings. The second kappa shape index (κ2) is 11.3. The largest absolute Gasteiger partial charge is 0.332 e. The van der Waals surface area contributed by atoms with Gasteiger partial charge in [0.2, 0.25) is 11.8 Å². The summed E-state index contributed by atoms with van der Waals surface area (Å²) in [6, 6.07) is 12.5. The molecule has 3 rings (SSSR count). The fraction of sp³-hybridized carbons (Fsp3) is 0.520. The van der Waals surface area contributed by atoms with Crippen molar-refractivity contribution >= 4 is 23.2 Å². The minimum Gasteiger partial charge on any atom is -0.332 e. The van der Waals surface area contributed by atoms with E-state index in [9.17, 15) is 9.59 Å². The first kappa shape index (κ1) is 22.5. The minimum atomic E-state index is 0.0421. The molecule has 1 aromatic heterocycles. The van der Waals surface area contributed by atoms with Crippen molar-refractivity contribution < 1.29 is 9.59 Å². The van der Waals surface area contributed by atoms with E-state index >= 15 is 0 Å². The lowest BCUT2D eigenvalue weighted by Gasteiger charge is -2.28. The molecule has 0 saturated heterocycles. The van der Waals surface area contributed by atoms with Gasteiger partial charge in [-0.3, -0.25) is 9.59 Å². The van der Waals surface area contributed by atoms with Crippen LogP contribution in [0, 0.1) is 6.92 Å². The normalized spacial score (nSPS) is 13.3. The molecule has 0 radical (unpaired) electrons. The molecule has 162 valence electrons. The van der Waals surface area contributed by atoms with Crippen molar-refractivity contribution in [1.82, 2.24) is 9.80 Å². The summed E-state index contributed by atoms with van der Waals surface area (Å²) in [7, 11) is 0. The molecule has 4 nitrogen and oxygen atoms in total. The molecular weight excluding hydrogens is 392 g/mol. The zero-order chi connectivity index (χ0) is 21.3. The summed E-state index contributed by atoms with van der Waals surface area (Å²) < 4.78 is 0. The van der Waals surface area contributed by atoms with Gasteiger partial charge in [0.25, 0.3) is 0 Å². The molecule has 0 unspecified atom stereocenters. The van der Waals surface area contributed by atoms with E-state index in [0.717, 1.165) is 37.7 Å². The monoisotopic (exact) mass is 426 g/mol. The molecule has 1 saturated carbocycles. The lowest BCUT2D eigenvalue weighted by Crippen LogP contribution is -2.43. The first-order valence-electron chi connectivity index (χ1n) is 11.2. The number of nitrogens with zero attached hydrogens (tertiary/aromatic N) is 2. The van der Waals surface area contributed by atoms with Crippen LogP contribution < -0.4 is 0 Å². The van der Waals surface area contributed by atoms with Crippen molar-refractivity contribution in [1.29, 1.82) is 0 Å². The van der Waals surface area contributed by atoms with Gasteiger partial charge in [0.1, 0.15) is 6.54 Å². The number of carbonyl (C=O) groups is 2. The summed E-state index contributed by atoms with van der Waals surface area (Å²) in [5.41, 5.74) is 2.33. The molecule has 0 aliphatic heterocycles. The smallest absolute Gasteiger partial charge is 0.242 e. The minimum absolute atomic E-state index is 0.0421. The molecule has 1 fully saturated rings. The highest BCUT2D eigenvalue weighted by Crippen LogP contribution is 2.28. The van der Waals surface area contributed by atoms with Crippen LogP contribution in [0.2, 0.25) is 0 Å². The van der Waals surface area contributed by atoms with Crippen molar-refractivity contribution in [3.63, 3.8) is 0 Å². The Balaban J connectivity index is 1.67. The lowest BCUT2D eigenvalue weighted by molar-refractivity contribution is -0.141. The number of unbranched alkanes of at least 4 members (excludes halogenated alkanes) is 3. The van der Waals surface area contributed by atoms with Crippen molar-refractivity contribution in [2.45, 2.75) is 77.9 Å². The van der Waals surface area contributed by atoms with E-state index in [-0.39, 0.29) is 24.4 Å². The number of hydrogen-bond acceptors (Lipinski definition) is 3. The second-order valence-electron chi connectivity index (χ2n) is 8.33. The zero-order valence-electron chi connectivity index (χ0n) is 18.3. The molecular formula is C25H34N2O2S. The predicted molar refractivity (Wildman–Crippen MR) is 123 cm³/mol. The maximum atomic E-state index is 13.3. The van der Waals surface area contributed by atoms with Crippen molar-refractivity contribution in [3.8, 4) is 0 Å². The first-order chi connectivity index (χ1) is 14.6. The van der Waals surface area contributed by atoms with Crippen LogP contribution in [0.4, 0.5) is 0 Å². The molecule has 1 aliphatic rings. The Morgan fingerprint density at radius 1 is 1.00 bits per heavy atom. The van der Waals surface area contributed by atoms with E-state index in [1.807, 2.05) is 28.0 Å². The zero-order valence-corrected chi connectivity index (χ0v) is 19.1. The Morgan fingerprint density at radius 3 is 2.40 bits per heavy atom. The third-order valence-electron chi connectivity index (χ3n) is 5.73. The number of benzene rings is 1. The summed E-state index contributed by atoms with van der Waals surface area (Å²) in [6.45, 7) is 5.64. The fourth-order valence-corrected chi connectivity index (χ4v) is 4.60. The Bertz CT molecular complexity index is 814. The third-order valence-corrected chi connectivity index (χ3v) is 6.74. The van der Waals surface area contributed by atoms with Crippen LogP contribution in [-0.2, 0) is 22.7 Å². The van der Waals surface area contributed by atoms with Gasteiger partial charge in [-0.1, -0.05) is 56.5 Å². The van der Waals surface area contributed by atoms with Crippen LogP contribution in [0.1, 0.15) is 67.9 Å². The Morgan fingerprint density at radius 2 is 1.77 bits per heavy atom. The van der Waals surface area contributed by atoms with Gasteiger partial charge in [-0.25, -0.2) is 0 Å². The number of carbonyl (C=O) groups excluding carboxylic acids is 2. The molecule has 0 bridgehead atoms. The molecule has 0 atom stereocenters. The Labute approximate surface area is 184 Å². The highest BCUT2D eigenvalue weighted by atomic mass is 32.1. The number of aryl methyl sites for hydroxylation is 1. The molecule has 30 heavy (non-hydrogen) atoms. The first-order valence-corrected chi connectivity index (χ1v) is 12.1. The van der Waals surface area contributed by atoms with Crippen LogP contribution in [0.5, 0.6) is 0 Å². The molecule has 1 heterocycles. The van der Waals surface area contributed by atoms with Gasteiger partial charge >= 0.3 is 0 Å². The van der Waals surface area contributed by atoms with Gasteiger partial charge in [0.05, 0.1) is 6.54 Å². The van der Waals surface area contributed by atoms with E-state index in [2.05, 4.69) is 37.4 Å². The van der Waals surface area contributed by atoms with Gasteiger partial charge in [-0.15, -0.1) is 11.3 Å². The van der Waals surface area contributed by atoms with E-state index in [4.69, 9.17) is 0 Å². The molecule has 1 aliphatic carbocycles. The van der Waals surface area contributed by atoms with Gasteiger partial charge in [0.15, 0.2) is 0 Å². The van der Waals surface area contributed by atoms with E-state index in [1.165, 1.54) is 16.9 Å². The highest BCUT2D eigenvalue weighted by Gasteiger charge is 2.34. The van der Waals surface area contributed by atoms with E-state index in [0.29, 0.717) is 19.5 Å². The van der Waals surface area contributed by atoms with E-state index < -0.39 is 0 Å². The number of hydrogen-bond donors (Lipinski definition) is 0. The maximum Gasteiger partial charge on any atom is 0.242 e. The van der Waals surface area contributed by atoms with Gasteiger partial charge < -0.3 is 9.80 Å². The average Bonchev–Trinajstić information content (AvgIpc) is 3.51. The van der Waals surface area contributed by atoms with E-state index in [1.54, 1.807) is 11.3 Å². The van der Waals surface area contributed by atoms with Gasteiger partial charge in [-0.05, 0) is 48.8 Å². The quantitative estimate of drug-likeness (QED) is 0.418. The van der Waals surface area contributed by atoms with Crippen LogP contribution in [0.3, 0.4) is 0 Å². The summed E-state index contributed by atoms with van der Waals surface area (Å²) in [5.74, 6) is 0.189. The fourth-order valence-electron chi connectivity index (χ4n) is 3.67. The molecule has 2 amide bonds. The predicted octanol–water partition coefficient (Wildman–Crippen LogP) is 5.55. The summed E-state index contributed by atoms with van der Waals surface area (Å²) in [5, 5.41) is 2.08. The second-order valence-corrected chi connectivity index (χ2v) is 9.33. The SMILES string of the molecule is CCCCCCC(=O)N(CC(=O)N(Cc1ccccc1)Cc1sccc1C)C1CC1. The summed E-state index contributed by atoms with van der Waals surface area (Å²) >= 11 is 1.69. The van der Waals surface area contributed by atoms with Crippen LogP contribution in [0.15, 0.2) is 41.8 Å². The lowest BCUT2D eigenvalue weighted by atomic mass is 10.1. The molecule has 0 N–H and O–H groups in total. The molecule has 5 heteroatoms. The van der Waals surface area contributed by atoms with Crippen molar-refractivity contribution in [2.24, 2.45) is 0 Å². The number of rotatable bonds is 12. The Kier molecular flexibility index (Phi) is 8.50. The average molecular weight is 427 g/mol. The van der Waals surface area contributed by atoms with Crippen molar-refractivity contribution in [2.75, 3.05) is 6.54 Å². The summed E-state index contributed by atoms with van der Waals surface area (Å²) in [6.07, 6.45) is 6.95. The van der Waals surface area contributed by atoms with Gasteiger partial charge in [0, 0.05) is 23.9 Å². The standard InChI is InChI=1S/C25H34N2O2S/c1-3-4-5-9-12-24(28)27(22-13-14-22)19-25(29)26(17-21-10-7-6-8-11-21)18-23-20(2)15-16-30-23/h6-8,10-11,15-16,22H,3-5,9,12-14,17-19H2,1-2H3. The maximum absolute atomic E-state index is 13.3. The van der Waals surface area contributed by atoms with Gasteiger partial charge in [-0.2, -0.15) is 0 Å². The van der Waals surface area contributed by atoms with Crippen LogP contribution >= 0.6 is 11.3 Å².